The summed E-state index contributed by atoms with van der Waals surface area (Å²) >= 11 is 8.58. The van der Waals surface area contributed by atoms with Gasteiger partial charge in [0.25, 0.3) is 5.91 Å². The molecule has 1 aliphatic heterocycles. The van der Waals surface area contributed by atoms with E-state index < -0.39 is 5.97 Å². The van der Waals surface area contributed by atoms with Crippen molar-refractivity contribution < 1.29 is 18.7 Å². The first-order valence-corrected chi connectivity index (χ1v) is 10.0. The second kappa shape index (κ2) is 8.36. The van der Waals surface area contributed by atoms with Crippen LogP contribution in [0.1, 0.15) is 12.7 Å². The number of hydrogen-bond donors (Lipinski definition) is 0. The van der Waals surface area contributed by atoms with Crippen LogP contribution in [0.25, 0.3) is 17.4 Å². The lowest BCUT2D eigenvalue weighted by molar-refractivity contribution is -0.145. The quantitative estimate of drug-likeness (QED) is 0.265. The minimum Gasteiger partial charge on any atom is -0.465 e. The summed E-state index contributed by atoms with van der Waals surface area (Å²) in [4.78, 5) is 25.8. The highest BCUT2D eigenvalue weighted by molar-refractivity contribution is 14.1. The van der Waals surface area contributed by atoms with E-state index in [9.17, 15) is 9.59 Å². The molecule has 8 heteroatoms. The molecular formula is C18H14INO4S2. The van der Waals surface area contributed by atoms with Gasteiger partial charge in [-0.3, -0.25) is 14.5 Å². The molecule has 0 saturated carbocycles. The summed E-state index contributed by atoms with van der Waals surface area (Å²) in [5.41, 5.74) is 0.964. The normalized spacial score (nSPS) is 15.8. The van der Waals surface area contributed by atoms with Crippen molar-refractivity contribution in [2.24, 2.45) is 0 Å². The number of thiocarbonyl (C=S) groups is 1. The van der Waals surface area contributed by atoms with Crippen LogP contribution in [0.15, 0.2) is 45.7 Å². The number of esters is 1. The van der Waals surface area contributed by atoms with Gasteiger partial charge in [-0.1, -0.05) is 36.1 Å². The number of hydrogen-bond acceptors (Lipinski definition) is 6. The molecule has 0 spiro atoms. The first-order valence-electron chi connectivity index (χ1n) is 7.74. The predicted octanol–water partition coefficient (Wildman–Crippen LogP) is 4.32. The Hall–Kier alpha value is -1.65. The number of carbonyl (C=O) groups is 2. The Morgan fingerprint density at radius 2 is 2.19 bits per heavy atom. The SMILES string of the molecule is CCOC(=O)CN1C(=O)/C(=C/c2ccc(-c3cccc(I)c3)o2)SC1=S. The Bertz CT molecular complexity index is 906. The van der Waals surface area contributed by atoms with Crippen LogP contribution in [0.3, 0.4) is 0 Å². The van der Waals surface area contributed by atoms with Crippen molar-refractivity contribution in [3.8, 4) is 11.3 Å². The van der Waals surface area contributed by atoms with E-state index in [1.54, 1.807) is 19.1 Å². The molecule has 0 atom stereocenters. The van der Waals surface area contributed by atoms with Gasteiger partial charge in [-0.25, -0.2) is 0 Å². The Kier molecular flexibility index (Phi) is 6.15. The molecular weight excluding hydrogens is 485 g/mol. The largest absolute Gasteiger partial charge is 0.465 e. The highest BCUT2D eigenvalue weighted by atomic mass is 127. The third-order valence-electron chi connectivity index (χ3n) is 3.48. The van der Waals surface area contributed by atoms with Crippen LogP contribution in [0.5, 0.6) is 0 Å². The maximum atomic E-state index is 12.5. The molecule has 2 heterocycles. The summed E-state index contributed by atoms with van der Waals surface area (Å²) in [5, 5.41) is 0. The molecule has 1 aromatic carbocycles. The minimum absolute atomic E-state index is 0.179. The van der Waals surface area contributed by atoms with Gasteiger partial charge in [-0.05, 0) is 53.8 Å². The minimum atomic E-state index is -0.482. The van der Waals surface area contributed by atoms with Gasteiger partial charge < -0.3 is 9.15 Å². The standard InChI is InChI=1S/C18H14INO4S2/c1-2-23-16(21)10-20-17(22)15(26-18(20)25)9-13-6-7-14(24-13)11-4-3-5-12(19)8-11/h3-9H,2,10H2,1H3/b15-9-. The van der Waals surface area contributed by atoms with Gasteiger partial charge in [-0.15, -0.1) is 0 Å². The Labute approximate surface area is 173 Å². The lowest BCUT2D eigenvalue weighted by Crippen LogP contribution is -2.34. The van der Waals surface area contributed by atoms with Crippen molar-refractivity contribution in [1.29, 1.82) is 0 Å². The zero-order valence-electron chi connectivity index (χ0n) is 13.7. The van der Waals surface area contributed by atoms with Crippen molar-refractivity contribution in [2.45, 2.75) is 6.92 Å². The Morgan fingerprint density at radius 3 is 2.92 bits per heavy atom. The molecule has 1 amide bonds. The predicted molar refractivity (Wildman–Crippen MR) is 113 cm³/mol. The van der Waals surface area contributed by atoms with Crippen LogP contribution >= 0.6 is 46.6 Å². The molecule has 2 aromatic rings. The van der Waals surface area contributed by atoms with Gasteiger partial charge in [0, 0.05) is 15.2 Å². The summed E-state index contributed by atoms with van der Waals surface area (Å²) in [6.45, 7) is 1.79. The van der Waals surface area contributed by atoms with Crippen LogP contribution < -0.4 is 0 Å². The van der Waals surface area contributed by atoms with Crippen molar-refractivity contribution in [2.75, 3.05) is 13.2 Å². The van der Waals surface area contributed by atoms with Gasteiger partial charge in [0.05, 0.1) is 11.5 Å². The zero-order valence-corrected chi connectivity index (χ0v) is 17.5. The summed E-state index contributed by atoms with van der Waals surface area (Å²) in [6, 6.07) is 11.6. The lowest BCUT2D eigenvalue weighted by Gasteiger charge is -2.12. The fourth-order valence-electron chi connectivity index (χ4n) is 2.33. The molecule has 0 bridgehead atoms. The molecule has 5 nitrogen and oxygen atoms in total. The topological polar surface area (TPSA) is 59.8 Å². The lowest BCUT2D eigenvalue weighted by atomic mass is 10.2. The van der Waals surface area contributed by atoms with Crippen molar-refractivity contribution in [1.82, 2.24) is 4.90 Å². The molecule has 134 valence electrons. The highest BCUT2D eigenvalue weighted by Gasteiger charge is 2.34. The van der Waals surface area contributed by atoms with E-state index >= 15 is 0 Å². The van der Waals surface area contributed by atoms with Crippen LogP contribution in [0, 0.1) is 3.57 Å². The first kappa shape index (κ1) is 19.1. The number of furan rings is 1. The monoisotopic (exact) mass is 499 g/mol. The number of nitrogens with zero attached hydrogens (tertiary/aromatic N) is 1. The molecule has 1 saturated heterocycles. The van der Waals surface area contributed by atoms with Crippen LogP contribution in [-0.4, -0.2) is 34.2 Å². The van der Waals surface area contributed by atoms with Gasteiger partial charge in [0.1, 0.15) is 22.4 Å². The molecule has 26 heavy (non-hydrogen) atoms. The third-order valence-corrected chi connectivity index (χ3v) is 5.52. The molecule has 0 unspecified atom stereocenters. The van der Waals surface area contributed by atoms with E-state index in [4.69, 9.17) is 21.4 Å². The fraction of sp³-hybridized carbons (Fsp3) is 0.167. The Balaban J connectivity index is 1.77. The maximum Gasteiger partial charge on any atom is 0.326 e. The second-order valence-electron chi connectivity index (χ2n) is 5.29. The number of benzene rings is 1. The highest BCUT2D eigenvalue weighted by Crippen LogP contribution is 2.33. The number of ether oxygens (including phenoxy) is 1. The first-order chi connectivity index (χ1) is 12.5. The molecule has 1 aliphatic rings. The fourth-order valence-corrected chi connectivity index (χ4v) is 4.11. The molecule has 1 aromatic heterocycles. The van der Waals surface area contributed by atoms with Crippen LogP contribution in [-0.2, 0) is 14.3 Å². The van der Waals surface area contributed by atoms with E-state index in [0.717, 1.165) is 26.7 Å². The van der Waals surface area contributed by atoms with Gasteiger partial charge >= 0.3 is 5.97 Å². The van der Waals surface area contributed by atoms with Crippen molar-refractivity contribution in [3.63, 3.8) is 0 Å². The number of halogens is 1. The maximum absolute atomic E-state index is 12.5. The molecule has 3 rings (SSSR count). The van der Waals surface area contributed by atoms with Gasteiger partial charge in [0.2, 0.25) is 0 Å². The summed E-state index contributed by atoms with van der Waals surface area (Å²) in [6.07, 6.45) is 1.64. The smallest absolute Gasteiger partial charge is 0.326 e. The molecule has 0 N–H and O–H groups in total. The number of thioether (sulfide) groups is 1. The van der Waals surface area contributed by atoms with E-state index in [1.807, 2.05) is 30.3 Å². The van der Waals surface area contributed by atoms with E-state index in [0.29, 0.717) is 15.0 Å². The molecule has 0 aliphatic carbocycles. The number of amides is 1. The van der Waals surface area contributed by atoms with Crippen LogP contribution in [0.4, 0.5) is 0 Å². The summed E-state index contributed by atoms with van der Waals surface area (Å²) in [5.74, 6) is 0.469. The average Bonchev–Trinajstić information content (AvgIpc) is 3.16. The number of rotatable bonds is 5. The van der Waals surface area contributed by atoms with E-state index in [2.05, 4.69) is 22.6 Å². The third kappa shape index (κ3) is 4.36. The molecule has 1 fully saturated rings. The second-order valence-corrected chi connectivity index (χ2v) is 8.21. The van der Waals surface area contributed by atoms with Gasteiger partial charge in [0.15, 0.2) is 0 Å². The van der Waals surface area contributed by atoms with Crippen molar-refractivity contribution >= 4 is 68.8 Å². The van der Waals surface area contributed by atoms with Gasteiger partial charge in [-0.2, -0.15) is 0 Å². The van der Waals surface area contributed by atoms with E-state index in [-0.39, 0.29) is 19.1 Å². The average molecular weight is 499 g/mol. The van der Waals surface area contributed by atoms with Crippen LogP contribution in [0.2, 0.25) is 0 Å². The summed E-state index contributed by atoms with van der Waals surface area (Å²) < 4.78 is 12.1. The number of carbonyl (C=O) groups excluding carboxylic acids is 2. The zero-order chi connectivity index (χ0) is 18.7. The molecule has 0 radical (unpaired) electrons. The van der Waals surface area contributed by atoms with E-state index in [1.165, 1.54) is 4.90 Å². The van der Waals surface area contributed by atoms with Crippen molar-refractivity contribution in [3.05, 3.63) is 50.6 Å². The Morgan fingerprint density at radius 1 is 1.38 bits per heavy atom. The summed E-state index contributed by atoms with van der Waals surface area (Å²) in [7, 11) is 0.